The molecule has 0 aromatic heterocycles. The van der Waals surface area contributed by atoms with Crippen LogP contribution in [0.3, 0.4) is 0 Å². The van der Waals surface area contributed by atoms with Gasteiger partial charge in [0.05, 0.1) is 5.92 Å². The molecule has 1 aliphatic carbocycles. The summed E-state index contributed by atoms with van der Waals surface area (Å²) >= 11 is 0. The Morgan fingerprint density at radius 3 is 2.21 bits per heavy atom. The van der Waals surface area contributed by atoms with Crippen LogP contribution in [0.15, 0.2) is 60.7 Å². The molecule has 0 heterocycles. The van der Waals surface area contributed by atoms with Crippen molar-refractivity contribution in [3.05, 3.63) is 77.6 Å². The highest BCUT2D eigenvalue weighted by Crippen LogP contribution is 2.46. The predicted molar refractivity (Wildman–Crippen MR) is 110 cm³/mol. The van der Waals surface area contributed by atoms with E-state index in [1.807, 2.05) is 44.2 Å². The number of hydrogen-bond donors (Lipinski definition) is 1. The van der Waals surface area contributed by atoms with Crippen molar-refractivity contribution in [1.29, 1.82) is 0 Å². The molecule has 0 aliphatic heterocycles. The molecular weight excluding hydrogens is 367 g/mol. The molecule has 1 fully saturated rings. The van der Waals surface area contributed by atoms with Gasteiger partial charge in [-0.05, 0) is 39.9 Å². The van der Waals surface area contributed by atoms with Gasteiger partial charge in [-0.15, -0.1) is 0 Å². The smallest absolute Gasteiger partial charge is 0.144 e. The van der Waals surface area contributed by atoms with Gasteiger partial charge in [0.1, 0.15) is 23.1 Å². The number of benzene rings is 3. The molecule has 0 saturated heterocycles. The maximum atomic E-state index is 13.6. The molecule has 3 aromatic rings. The van der Waals surface area contributed by atoms with Gasteiger partial charge in [-0.25, -0.2) is 4.39 Å². The zero-order valence-corrected chi connectivity index (χ0v) is 16.5. The second-order valence-electron chi connectivity index (χ2n) is 8.68. The van der Waals surface area contributed by atoms with Crippen molar-refractivity contribution in [3.63, 3.8) is 0 Å². The lowest BCUT2D eigenvalue weighted by atomic mass is 9.65. The number of phenols is 1. The van der Waals surface area contributed by atoms with Gasteiger partial charge >= 0.3 is 0 Å². The number of phenolic OH excluding ortho intramolecular Hbond substituents is 1. The first kappa shape index (κ1) is 19.3. The molecule has 1 unspecified atom stereocenters. The van der Waals surface area contributed by atoms with Gasteiger partial charge in [0.2, 0.25) is 0 Å². The maximum Gasteiger partial charge on any atom is 0.144 e. The highest BCUT2D eigenvalue weighted by molar-refractivity contribution is 6.07. The molecule has 4 heteroatoms. The van der Waals surface area contributed by atoms with Crippen LogP contribution in [0.2, 0.25) is 0 Å². The normalized spacial score (nSPS) is 18.2. The summed E-state index contributed by atoms with van der Waals surface area (Å²) < 4.78 is 13.6. The van der Waals surface area contributed by atoms with Gasteiger partial charge in [0.25, 0.3) is 0 Å². The number of aromatic hydroxyl groups is 1. The zero-order chi connectivity index (χ0) is 20.8. The second-order valence-corrected chi connectivity index (χ2v) is 8.68. The van der Waals surface area contributed by atoms with Gasteiger partial charge in [-0.1, -0.05) is 56.3 Å². The number of carbonyl (C=O) groups is 2. The first-order valence-corrected chi connectivity index (χ1v) is 9.78. The molecule has 148 valence electrons. The molecule has 0 spiro atoms. The van der Waals surface area contributed by atoms with Gasteiger partial charge < -0.3 is 5.11 Å². The summed E-state index contributed by atoms with van der Waals surface area (Å²) in [5.74, 6) is -2.19. The maximum absolute atomic E-state index is 13.6. The lowest BCUT2D eigenvalue weighted by Crippen LogP contribution is -2.41. The van der Waals surface area contributed by atoms with Crippen LogP contribution >= 0.6 is 0 Å². The molecule has 4 rings (SSSR count). The lowest BCUT2D eigenvalue weighted by molar-refractivity contribution is -0.140. The van der Waals surface area contributed by atoms with Gasteiger partial charge in [0, 0.05) is 24.3 Å². The Morgan fingerprint density at radius 2 is 1.55 bits per heavy atom. The summed E-state index contributed by atoms with van der Waals surface area (Å²) in [6.45, 7) is 3.84. The number of Topliss-reactive ketones (excluding diaryl/α,β-unsaturated/α-hetero) is 2. The molecule has 29 heavy (non-hydrogen) atoms. The summed E-state index contributed by atoms with van der Waals surface area (Å²) in [5, 5.41) is 12.5. The van der Waals surface area contributed by atoms with Crippen molar-refractivity contribution in [2.45, 2.75) is 32.6 Å². The number of carbonyl (C=O) groups excluding carboxylic acids is 2. The van der Waals surface area contributed by atoms with Crippen LogP contribution in [0, 0.1) is 17.2 Å². The van der Waals surface area contributed by atoms with E-state index in [1.165, 1.54) is 12.1 Å². The van der Waals surface area contributed by atoms with Crippen LogP contribution in [0.4, 0.5) is 4.39 Å². The van der Waals surface area contributed by atoms with Crippen molar-refractivity contribution < 1.29 is 19.1 Å². The molecule has 3 nitrogen and oxygen atoms in total. The molecule has 0 bridgehead atoms. The van der Waals surface area contributed by atoms with Crippen molar-refractivity contribution >= 4 is 22.3 Å². The van der Waals surface area contributed by atoms with Crippen molar-refractivity contribution in [3.8, 4) is 5.75 Å². The lowest BCUT2D eigenvalue weighted by Gasteiger charge is -2.36. The molecular formula is C25H23FO3. The predicted octanol–water partition coefficient (Wildman–Crippen LogP) is 5.39. The van der Waals surface area contributed by atoms with Crippen LogP contribution in [0.5, 0.6) is 5.75 Å². The van der Waals surface area contributed by atoms with Crippen LogP contribution in [0.25, 0.3) is 10.8 Å². The Labute approximate surface area is 169 Å². The van der Waals surface area contributed by atoms with E-state index in [0.29, 0.717) is 24.0 Å². The third-order valence-corrected chi connectivity index (χ3v) is 5.82. The highest BCUT2D eigenvalue weighted by atomic mass is 19.1. The van der Waals surface area contributed by atoms with E-state index >= 15 is 0 Å². The molecule has 3 aromatic carbocycles. The Hall–Kier alpha value is -3.01. The number of halogens is 1. The Morgan fingerprint density at radius 1 is 0.931 bits per heavy atom. The van der Waals surface area contributed by atoms with Gasteiger partial charge in [-0.2, -0.15) is 0 Å². The minimum Gasteiger partial charge on any atom is -0.508 e. The molecule has 0 amide bonds. The van der Waals surface area contributed by atoms with Crippen LogP contribution in [-0.4, -0.2) is 16.7 Å². The number of hydrogen-bond acceptors (Lipinski definition) is 3. The van der Waals surface area contributed by atoms with Crippen molar-refractivity contribution in [2.24, 2.45) is 11.3 Å². The largest absolute Gasteiger partial charge is 0.508 e. The number of ketones is 2. The molecule has 0 radical (unpaired) electrons. The second kappa shape index (κ2) is 7.11. The molecule has 1 saturated carbocycles. The minimum atomic E-state index is -0.898. The van der Waals surface area contributed by atoms with Crippen molar-refractivity contribution in [2.75, 3.05) is 0 Å². The van der Waals surface area contributed by atoms with Gasteiger partial charge in [0.15, 0.2) is 0 Å². The van der Waals surface area contributed by atoms with E-state index < -0.39 is 17.7 Å². The number of rotatable bonds is 3. The molecule has 1 atom stereocenters. The third kappa shape index (κ3) is 3.55. The van der Waals surface area contributed by atoms with E-state index in [-0.39, 0.29) is 22.7 Å². The van der Waals surface area contributed by atoms with E-state index in [4.69, 9.17) is 0 Å². The Bertz CT molecular complexity index is 1080. The number of fused-ring (bicyclic) bond motifs is 1. The fourth-order valence-corrected chi connectivity index (χ4v) is 4.58. The first-order chi connectivity index (χ1) is 13.8. The monoisotopic (exact) mass is 390 g/mol. The summed E-state index contributed by atoms with van der Waals surface area (Å²) in [4.78, 5) is 26.3. The van der Waals surface area contributed by atoms with E-state index in [0.717, 1.165) is 10.8 Å². The highest BCUT2D eigenvalue weighted by Gasteiger charge is 2.45. The minimum absolute atomic E-state index is 0.0310. The van der Waals surface area contributed by atoms with Crippen LogP contribution in [0.1, 0.15) is 43.7 Å². The first-order valence-electron chi connectivity index (χ1n) is 9.78. The average Bonchev–Trinajstić information content (AvgIpc) is 2.65. The summed E-state index contributed by atoms with van der Waals surface area (Å²) in [6.07, 6.45) is 0.596. The Balaban J connectivity index is 1.96. The fourth-order valence-electron chi connectivity index (χ4n) is 4.58. The standard InChI is InChI=1S/C25H23FO3/c1-25(2)13-20(28)24(21(29)14-25)22(16-7-10-17(26)11-8-16)23-18-6-4-3-5-15(18)9-12-19(23)27/h3-12,22,24,27H,13-14H2,1-2H3. The topological polar surface area (TPSA) is 54.4 Å². The summed E-state index contributed by atoms with van der Waals surface area (Å²) in [6, 6.07) is 16.8. The molecule has 1 aliphatic rings. The summed E-state index contributed by atoms with van der Waals surface area (Å²) in [7, 11) is 0. The summed E-state index contributed by atoms with van der Waals surface area (Å²) in [5.41, 5.74) is 0.810. The van der Waals surface area contributed by atoms with Gasteiger partial charge in [-0.3, -0.25) is 9.59 Å². The fraction of sp³-hybridized carbons (Fsp3) is 0.280. The van der Waals surface area contributed by atoms with Crippen LogP contribution < -0.4 is 0 Å². The SMILES string of the molecule is CC1(C)CC(=O)C(C(c2ccc(F)cc2)c2c(O)ccc3ccccc23)C(=O)C1. The zero-order valence-electron chi connectivity index (χ0n) is 16.5. The van der Waals surface area contributed by atoms with Crippen LogP contribution in [-0.2, 0) is 9.59 Å². The van der Waals surface area contributed by atoms with Crippen molar-refractivity contribution in [1.82, 2.24) is 0 Å². The van der Waals surface area contributed by atoms with E-state index in [2.05, 4.69) is 0 Å². The molecule has 1 N–H and O–H groups in total. The quantitative estimate of drug-likeness (QED) is 0.610. The third-order valence-electron chi connectivity index (χ3n) is 5.82. The van der Waals surface area contributed by atoms with E-state index in [9.17, 15) is 19.1 Å². The Kier molecular flexibility index (Phi) is 4.73. The van der Waals surface area contributed by atoms with E-state index in [1.54, 1.807) is 18.2 Å². The average molecular weight is 390 g/mol.